The minimum Gasteiger partial charge on any atom is -0.465 e. The maximum atomic E-state index is 13.6. The third-order valence-electron chi connectivity index (χ3n) is 4.29. The first-order chi connectivity index (χ1) is 10.8. The second kappa shape index (κ2) is 6.10. The number of halogens is 3. The predicted octanol–water partition coefficient (Wildman–Crippen LogP) is 2.64. The number of fused-ring (bicyclic) bond motifs is 2. The van der Waals surface area contributed by atoms with Crippen LogP contribution in [-0.2, 0) is 4.43 Å². The number of alkyl halides is 3. The Morgan fingerprint density at radius 1 is 1.17 bits per heavy atom. The summed E-state index contributed by atoms with van der Waals surface area (Å²) in [6.07, 6.45) is -9.42. The number of nitrogens with zero attached hydrogens (tertiary/aromatic N) is 2. The molecular weight excluding hydrogens is 349 g/mol. The second-order valence-electron chi connectivity index (χ2n) is 7.11. The van der Waals surface area contributed by atoms with E-state index >= 15 is 0 Å². The van der Waals surface area contributed by atoms with Crippen LogP contribution in [0.15, 0.2) is 0 Å². The maximum absolute atomic E-state index is 13.6. The zero-order valence-electron chi connectivity index (χ0n) is 13.6. The summed E-state index contributed by atoms with van der Waals surface area (Å²) in [5.74, 6) is 0. The molecule has 11 heteroatoms. The van der Waals surface area contributed by atoms with Gasteiger partial charge < -0.3 is 14.6 Å². The van der Waals surface area contributed by atoms with Gasteiger partial charge >= 0.3 is 18.4 Å². The Kier molecular flexibility index (Phi) is 4.79. The van der Waals surface area contributed by atoms with Gasteiger partial charge in [-0.3, -0.25) is 9.80 Å². The van der Waals surface area contributed by atoms with Gasteiger partial charge in [0.1, 0.15) is 0 Å². The molecule has 2 N–H and O–H groups in total. The fourth-order valence-electron chi connectivity index (χ4n) is 3.56. The Bertz CT molecular complexity index is 525. The van der Waals surface area contributed by atoms with Crippen LogP contribution < -0.4 is 0 Å². The molecule has 0 aromatic heterocycles. The summed E-state index contributed by atoms with van der Waals surface area (Å²) in [7, 11) is -2.66. The van der Waals surface area contributed by atoms with Crippen molar-refractivity contribution in [1.82, 2.24) is 9.80 Å². The van der Waals surface area contributed by atoms with E-state index in [-0.39, 0.29) is 13.0 Å². The highest BCUT2D eigenvalue weighted by Gasteiger charge is 2.59. The van der Waals surface area contributed by atoms with Crippen LogP contribution in [0.4, 0.5) is 22.8 Å². The molecule has 0 unspecified atom stereocenters. The molecule has 2 aliphatic rings. The molecule has 2 fully saturated rings. The monoisotopic (exact) mass is 370 g/mol. The van der Waals surface area contributed by atoms with Crippen molar-refractivity contribution in [3.8, 4) is 0 Å². The standard InChI is InChI=1S/C13H21F3N2O5Si/c1-24(2,3)23-10(13(14,15)16)9-8-5-4-7(18(8)12(21)22)6-17(9)11(19)20/h7-10H,4-6H2,1-3H3,(H,19,20)(H,21,22)/t7-,8+,9-,10+/m0/s1. The van der Waals surface area contributed by atoms with Crippen LogP contribution in [-0.4, -0.2) is 77.5 Å². The maximum Gasteiger partial charge on any atom is 0.415 e. The number of rotatable bonds is 3. The molecule has 4 atom stereocenters. The van der Waals surface area contributed by atoms with Gasteiger partial charge in [0, 0.05) is 6.54 Å². The van der Waals surface area contributed by atoms with Gasteiger partial charge in [-0.1, -0.05) is 0 Å². The van der Waals surface area contributed by atoms with Crippen LogP contribution in [0.25, 0.3) is 0 Å². The van der Waals surface area contributed by atoms with Gasteiger partial charge in [-0.2, -0.15) is 13.2 Å². The fraction of sp³-hybridized carbons (Fsp3) is 0.846. The van der Waals surface area contributed by atoms with Crippen molar-refractivity contribution in [1.29, 1.82) is 0 Å². The lowest BCUT2D eigenvalue weighted by atomic mass is 9.97. The summed E-state index contributed by atoms with van der Waals surface area (Å²) in [6.45, 7) is 4.45. The molecule has 0 radical (unpaired) electrons. The van der Waals surface area contributed by atoms with E-state index in [1.54, 1.807) is 19.6 Å². The van der Waals surface area contributed by atoms with Crippen LogP contribution in [0.5, 0.6) is 0 Å². The lowest BCUT2D eigenvalue weighted by Gasteiger charge is -2.48. The lowest BCUT2D eigenvalue weighted by molar-refractivity contribution is -0.221. The molecule has 0 aromatic carbocycles. The summed E-state index contributed by atoms with van der Waals surface area (Å²) in [5.41, 5.74) is 0. The molecule has 0 aromatic rings. The Balaban J connectivity index is 2.46. The van der Waals surface area contributed by atoms with Gasteiger partial charge in [-0.15, -0.1) is 0 Å². The van der Waals surface area contributed by atoms with Crippen LogP contribution in [0.3, 0.4) is 0 Å². The first kappa shape index (κ1) is 18.8. The van der Waals surface area contributed by atoms with E-state index in [4.69, 9.17) is 4.43 Å². The molecule has 0 aliphatic carbocycles. The number of hydrogen-bond acceptors (Lipinski definition) is 3. The van der Waals surface area contributed by atoms with Gasteiger partial charge in [0.25, 0.3) is 0 Å². The molecule has 7 nitrogen and oxygen atoms in total. The average Bonchev–Trinajstić information content (AvgIpc) is 2.69. The minimum atomic E-state index is -4.79. The second-order valence-corrected chi connectivity index (χ2v) is 11.6. The van der Waals surface area contributed by atoms with E-state index in [1.807, 2.05) is 0 Å². The minimum absolute atomic E-state index is 0.188. The lowest BCUT2D eigenvalue weighted by Crippen LogP contribution is -2.68. The van der Waals surface area contributed by atoms with Crippen molar-refractivity contribution in [3.63, 3.8) is 0 Å². The average molecular weight is 370 g/mol. The molecule has 2 saturated heterocycles. The molecular formula is C13H21F3N2O5Si. The summed E-state index contributed by atoms with van der Waals surface area (Å²) >= 11 is 0. The Morgan fingerprint density at radius 3 is 2.17 bits per heavy atom. The number of carboxylic acid groups (broad SMARTS) is 2. The molecule has 2 bridgehead atoms. The molecule has 2 heterocycles. The molecule has 2 aliphatic heterocycles. The van der Waals surface area contributed by atoms with E-state index in [1.165, 1.54) is 0 Å². The zero-order valence-corrected chi connectivity index (χ0v) is 14.6. The molecule has 2 rings (SSSR count). The predicted molar refractivity (Wildman–Crippen MR) is 79.5 cm³/mol. The van der Waals surface area contributed by atoms with Crippen LogP contribution >= 0.6 is 0 Å². The van der Waals surface area contributed by atoms with Gasteiger partial charge in [0.2, 0.25) is 0 Å². The number of amides is 2. The normalized spacial score (nSPS) is 28.8. The topological polar surface area (TPSA) is 90.3 Å². The van der Waals surface area contributed by atoms with Crippen molar-refractivity contribution < 1.29 is 37.4 Å². The van der Waals surface area contributed by atoms with Gasteiger partial charge in [0.05, 0.1) is 18.1 Å². The van der Waals surface area contributed by atoms with Gasteiger partial charge in [-0.25, -0.2) is 9.59 Å². The van der Waals surface area contributed by atoms with Gasteiger partial charge in [-0.05, 0) is 32.5 Å². The third kappa shape index (κ3) is 3.61. The molecule has 24 heavy (non-hydrogen) atoms. The van der Waals surface area contributed by atoms with E-state index < -0.39 is 50.9 Å². The molecule has 0 spiro atoms. The van der Waals surface area contributed by atoms with E-state index in [9.17, 15) is 33.0 Å². The molecule has 0 saturated carbocycles. The number of likely N-dealkylation sites (tertiary alicyclic amines) is 1. The van der Waals surface area contributed by atoms with E-state index in [0.717, 1.165) is 4.90 Å². The summed E-state index contributed by atoms with van der Waals surface area (Å²) < 4.78 is 46.2. The van der Waals surface area contributed by atoms with Gasteiger partial charge in [0.15, 0.2) is 14.4 Å². The van der Waals surface area contributed by atoms with Crippen LogP contribution in [0.2, 0.25) is 19.6 Å². The van der Waals surface area contributed by atoms with E-state index in [2.05, 4.69) is 0 Å². The highest BCUT2D eigenvalue weighted by molar-refractivity contribution is 6.69. The Labute approximate surface area is 138 Å². The molecule has 2 amide bonds. The van der Waals surface area contributed by atoms with Crippen molar-refractivity contribution in [3.05, 3.63) is 0 Å². The fourth-order valence-corrected chi connectivity index (χ4v) is 4.60. The highest BCUT2D eigenvalue weighted by atomic mass is 28.4. The summed E-state index contributed by atoms with van der Waals surface area (Å²) in [5, 5.41) is 18.7. The van der Waals surface area contributed by atoms with Crippen molar-refractivity contribution in [2.24, 2.45) is 0 Å². The first-order valence-corrected chi connectivity index (χ1v) is 11.0. The van der Waals surface area contributed by atoms with E-state index in [0.29, 0.717) is 11.3 Å². The smallest absolute Gasteiger partial charge is 0.415 e. The largest absolute Gasteiger partial charge is 0.465 e. The SMILES string of the molecule is C[Si](C)(C)O[C@H]([C@@H]1[C@H]2CC[C@@H](CN1C(=O)O)N2C(=O)O)C(F)(F)F. The number of piperazine rings is 1. The summed E-state index contributed by atoms with van der Waals surface area (Å²) in [6, 6.07) is -3.26. The van der Waals surface area contributed by atoms with Crippen molar-refractivity contribution in [2.75, 3.05) is 6.54 Å². The zero-order chi connectivity index (χ0) is 18.4. The van der Waals surface area contributed by atoms with Crippen molar-refractivity contribution >= 4 is 20.5 Å². The van der Waals surface area contributed by atoms with Crippen LogP contribution in [0, 0.1) is 0 Å². The first-order valence-electron chi connectivity index (χ1n) is 7.58. The quantitative estimate of drug-likeness (QED) is 0.746. The molecule has 138 valence electrons. The highest BCUT2D eigenvalue weighted by Crippen LogP contribution is 2.41. The third-order valence-corrected chi connectivity index (χ3v) is 5.25. The Morgan fingerprint density at radius 2 is 1.75 bits per heavy atom. The van der Waals surface area contributed by atoms with Crippen LogP contribution in [0.1, 0.15) is 12.8 Å². The summed E-state index contributed by atoms with van der Waals surface area (Å²) in [4.78, 5) is 24.6. The Hall–Kier alpha value is -1.49. The van der Waals surface area contributed by atoms with Crippen molar-refractivity contribution in [2.45, 2.75) is 62.9 Å². The number of hydrogen-bond donors (Lipinski definition) is 2. The number of carbonyl (C=O) groups is 2.